The molecule has 1 fully saturated rings. The van der Waals surface area contributed by atoms with Gasteiger partial charge in [-0.05, 0) is 48.4 Å². The first kappa shape index (κ1) is 21.9. The molecule has 4 rings (SSSR count). The predicted octanol–water partition coefficient (Wildman–Crippen LogP) is 3.67. The minimum absolute atomic E-state index is 0.0433. The Hall–Kier alpha value is -3.35. The van der Waals surface area contributed by atoms with Crippen molar-refractivity contribution >= 4 is 18.0 Å². The molecule has 0 aliphatic heterocycles. The van der Waals surface area contributed by atoms with Gasteiger partial charge in [0.1, 0.15) is 12.1 Å². The Balaban J connectivity index is 1.34. The summed E-state index contributed by atoms with van der Waals surface area (Å²) in [6.45, 7) is 3.56. The molecule has 7 heteroatoms. The Kier molecular flexibility index (Phi) is 5.91. The van der Waals surface area contributed by atoms with Crippen molar-refractivity contribution in [2.24, 2.45) is 5.92 Å². The Morgan fingerprint density at radius 2 is 1.59 bits per heavy atom. The maximum absolute atomic E-state index is 12.6. The first-order valence-corrected chi connectivity index (χ1v) is 11.0. The summed E-state index contributed by atoms with van der Waals surface area (Å²) in [5.74, 6) is -2.05. The van der Waals surface area contributed by atoms with Crippen molar-refractivity contribution < 1.29 is 24.2 Å². The van der Waals surface area contributed by atoms with Crippen LogP contribution in [-0.4, -0.2) is 41.3 Å². The van der Waals surface area contributed by atoms with Crippen molar-refractivity contribution in [2.75, 3.05) is 6.61 Å². The van der Waals surface area contributed by atoms with Crippen LogP contribution in [0, 0.1) is 5.92 Å². The lowest BCUT2D eigenvalue weighted by molar-refractivity contribution is -0.152. The van der Waals surface area contributed by atoms with Gasteiger partial charge in [0.15, 0.2) is 0 Å². The minimum Gasteiger partial charge on any atom is -0.480 e. The Morgan fingerprint density at radius 1 is 1.03 bits per heavy atom. The second-order valence-corrected chi connectivity index (χ2v) is 8.78. The fraction of sp³-hybridized carbons (Fsp3) is 0.400. The van der Waals surface area contributed by atoms with E-state index in [-0.39, 0.29) is 12.5 Å². The zero-order chi connectivity index (χ0) is 22.9. The van der Waals surface area contributed by atoms with Crippen LogP contribution in [0.2, 0.25) is 0 Å². The van der Waals surface area contributed by atoms with E-state index in [4.69, 9.17) is 4.74 Å². The standard InChI is InChI=1S/C25H28N2O5/c1-15(22(28)27-25(23(29)30)12-7-13-25)16(2)26-24(31)32-14-21-19-10-5-3-8-17(19)18-9-4-6-11-20(18)21/h3-6,8-11,15-16,21H,7,12-14H2,1-2H3,(H,26,31)(H,27,28)(H,29,30). The van der Waals surface area contributed by atoms with Crippen LogP contribution in [0.3, 0.4) is 0 Å². The highest BCUT2D eigenvalue weighted by Crippen LogP contribution is 2.44. The van der Waals surface area contributed by atoms with Crippen LogP contribution >= 0.6 is 0 Å². The van der Waals surface area contributed by atoms with Gasteiger partial charge in [-0.25, -0.2) is 9.59 Å². The van der Waals surface area contributed by atoms with Gasteiger partial charge in [0, 0.05) is 12.0 Å². The summed E-state index contributed by atoms with van der Waals surface area (Å²) in [6, 6.07) is 15.7. The second kappa shape index (κ2) is 8.65. The number of carbonyl (C=O) groups excluding carboxylic acids is 2. The number of nitrogens with one attached hydrogen (secondary N) is 2. The average molecular weight is 437 g/mol. The van der Waals surface area contributed by atoms with E-state index in [9.17, 15) is 19.5 Å². The number of carboxylic acid groups (broad SMARTS) is 1. The maximum atomic E-state index is 12.6. The number of benzene rings is 2. The first-order chi connectivity index (χ1) is 15.3. The molecule has 0 heterocycles. The molecule has 2 atom stereocenters. The smallest absolute Gasteiger partial charge is 0.407 e. The third kappa shape index (κ3) is 3.95. The molecule has 2 aromatic carbocycles. The monoisotopic (exact) mass is 436 g/mol. The van der Waals surface area contributed by atoms with Gasteiger partial charge >= 0.3 is 12.1 Å². The summed E-state index contributed by atoms with van der Waals surface area (Å²) in [5, 5.41) is 14.8. The van der Waals surface area contributed by atoms with E-state index in [1.807, 2.05) is 24.3 Å². The summed E-state index contributed by atoms with van der Waals surface area (Å²) in [7, 11) is 0. The number of amides is 2. The summed E-state index contributed by atoms with van der Waals surface area (Å²) in [6.07, 6.45) is 1.02. The van der Waals surface area contributed by atoms with Gasteiger partial charge in [-0.3, -0.25) is 4.79 Å². The zero-order valence-electron chi connectivity index (χ0n) is 18.3. The number of fused-ring (bicyclic) bond motifs is 3. The van der Waals surface area contributed by atoms with Crippen molar-refractivity contribution in [1.29, 1.82) is 0 Å². The molecule has 168 valence electrons. The van der Waals surface area contributed by atoms with Crippen molar-refractivity contribution in [2.45, 2.75) is 50.6 Å². The molecular formula is C25H28N2O5. The van der Waals surface area contributed by atoms with E-state index in [1.165, 1.54) is 0 Å². The van der Waals surface area contributed by atoms with E-state index in [2.05, 4.69) is 34.9 Å². The molecule has 2 aromatic rings. The number of carbonyl (C=O) groups is 3. The highest BCUT2D eigenvalue weighted by Gasteiger charge is 2.46. The number of alkyl carbamates (subject to hydrolysis) is 1. The van der Waals surface area contributed by atoms with Gasteiger partial charge in [-0.1, -0.05) is 55.5 Å². The normalized spacial score (nSPS) is 17.8. The summed E-state index contributed by atoms with van der Waals surface area (Å²) in [4.78, 5) is 36.5. The summed E-state index contributed by atoms with van der Waals surface area (Å²) >= 11 is 0. The zero-order valence-corrected chi connectivity index (χ0v) is 18.3. The molecule has 0 bridgehead atoms. The number of hydrogen-bond donors (Lipinski definition) is 3. The predicted molar refractivity (Wildman–Crippen MR) is 119 cm³/mol. The quantitative estimate of drug-likeness (QED) is 0.614. The molecule has 3 N–H and O–H groups in total. The van der Waals surface area contributed by atoms with Crippen LogP contribution in [-0.2, 0) is 14.3 Å². The van der Waals surface area contributed by atoms with Gasteiger partial charge in [-0.15, -0.1) is 0 Å². The second-order valence-electron chi connectivity index (χ2n) is 8.78. The Morgan fingerprint density at radius 3 is 2.09 bits per heavy atom. The van der Waals surface area contributed by atoms with Crippen molar-refractivity contribution in [3.05, 3.63) is 59.7 Å². The van der Waals surface area contributed by atoms with Gasteiger partial charge < -0.3 is 20.5 Å². The molecule has 0 radical (unpaired) electrons. The van der Waals surface area contributed by atoms with E-state index < -0.39 is 35.5 Å². The molecule has 2 aliphatic carbocycles. The van der Waals surface area contributed by atoms with Crippen LogP contribution in [0.5, 0.6) is 0 Å². The van der Waals surface area contributed by atoms with Crippen molar-refractivity contribution in [3.63, 3.8) is 0 Å². The van der Waals surface area contributed by atoms with Crippen LogP contribution in [0.1, 0.15) is 50.2 Å². The Bertz CT molecular complexity index is 1000. The van der Waals surface area contributed by atoms with Gasteiger partial charge in [0.2, 0.25) is 5.91 Å². The van der Waals surface area contributed by atoms with E-state index in [0.717, 1.165) is 28.7 Å². The molecule has 32 heavy (non-hydrogen) atoms. The largest absolute Gasteiger partial charge is 0.480 e. The van der Waals surface area contributed by atoms with Gasteiger partial charge in [0.05, 0.1) is 5.92 Å². The summed E-state index contributed by atoms with van der Waals surface area (Å²) in [5.41, 5.74) is 3.39. The number of hydrogen-bond acceptors (Lipinski definition) is 4. The summed E-state index contributed by atoms with van der Waals surface area (Å²) < 4.78 is 5.54. The Labute approximate surface area is 187 Å². The number of aliphatic carboxylic acids is 1. The van der Waals surface area contributed by atoms with Crippen LogP contribution in [0.25, 0.3) is 11.1 Å². The highest BCUT2D eigenvalue weighted by atomic mass is 16.5. The number of ether oxygens (including phenoxy) is 1. The first-order valence-electron chi connectivity index (χ1n) is 11.0. The maximum Gasteiger partial charge on any atom is 0.407 e. The SMILES string of the molecule is CC(NC(=O)OCC1c2ccccc2-c2ccccc21)C(C)C(=O)NC1(C(=O)O)CCC1. The molecule has 2 unspecified atom stereocenters. The minimum atomic E-state index is -1.17. The van der Waals surface area contributed by atoms with E-state index in [1.54, 1.807) is 13.8 Å². The molecule has 0 spiro atoms. The van der Waals surface area contributed by atoms with E-state index >= 15 is 0 Å². The van der Waals surface area contributed by atoms with Crippen LogP contribution < -0.4 is 10.6 Å². The molecule has 1 saturated carbocycles. The molecule has 2 aliphatic rings. The fourth-order valence-electron chi connectivity index (χ4n) is 4.45. The van der Waals surface area contributed by atoms with Gasteiger partial charge in [-0.2, -0.15) is 0 Å². The molecule has 0 aromatic heterocycles. The van der Waals surface area contributed by atoms with Crippen LogP contribution in [0.4, 0.5) is 4.79 Å². The van der Waals surface area contributed by atoms with E-state index in [0.29, 0.717) is 12.8 Å². The lowest BCUT2D eigenvalue weighted by atomic mass is 9.76. The average Bonchev–Trinajstić information content (AvgIpc) is 3.07. The molecule has 0 saturated heterocycles. The van der Waals surface area contributed by atoms with Crippen molar-refractivity contribution in [3.8, 4) is 11.1 Å². The topological polar surface area (TPSA) is 105 Å². The highest BCUT2D eigenvalue weighted by molar-refractivity contribution is 5.89. The molecule has 2 amide bonds. The lowest BCUT2D eigenvalue weighted by Gasteiger charge is -2.39. The molecular weight excluding hydrogens is 408 g/mol. The van der Waals surface area contributed by atoms with Crippen molar-refractivity contribution in [1.82, 2.24) is 10.6 Å². The van der Waals surface area contributed by atoms with Gasteiger partial charge in [0.25, 0.3) is 0 Å². The third-order valence-corrected chi connectivity index (χ3v) is 6.83. The van der Waals surface area contributed by atoms with Crippen LogP contribution in [0.15, 0.2) is 48.5 Å². The number of carboxylic acids is 1. The molecule has 7 nitrogen and oxygen atoms in total. The lowest BCUT2D eigenvalue weighted by Crippen LogP contribution is -2.61. The number of rotatable bonds is 7. The third-order valence-electron chi connectivity index (χ3n) is 6.83. The fourth-order valence-corrected chi connectivity index (χ4v) is 4.45.